The van der Waals surface area contributed by atoms with Gasteiger partial charge < -0.3 is 9.30 Å². The van der Waals surface area contributed by atoms with Crippen molar-refractivity contribution in [2.45, 2.75) is 83.8 Å². The highest BCUT2D eigenvalue weighted by Crippen LogP contribution is 2.24. The average molecular weight is 357 g/mol. The monoisotopic (exact) mass is 356 g/mol. The third-order valence-corrected chi connectivity index (χ3v) is 4.93. The van der Waals surface area contributed by atoms with Crippen LogP contribution in [-0.2, 0) is 11.3 Å². The number of rotatable bonds is 15. The van der Waals surface area contributed by atoms with E-state index in [4.69, 9.17) is 4.74 Å². The van der Waals surface area contributed by atoms with E-state index in [1.807, 2.05) is 18.7 Å². The van der Waals surface area contributed by atoms with E-state index >= 15 is 0 Å². The minimum absolute atomic E-state index is 0.272. The Labute approximate surface area is 159 Å². The lowest BCUT2D eigenvalue weighted by Crippen LogP contribution is -2.06. The molecule has 1 heterocycles. The van der Waals surface area contributed by atoms with Gasteiger partial charge in [-0.25, -0.2) is 4.98 Å². The highest BCUT2D eigenvalue weighted by atomic mass is 16.5. The van der Waals surface area contributed by atoms with Crippen LogP contribution in [-0.4, -0.2) is 16.2 Å². The van der Waals surface area contributed by atoms with Gasteiger partial charge in [-0.2, -0.15) is 0 Å². The molecular weight excluding hydrogens is 320 g/mol. The number of hydrogen-bond donors (Lipinski definition) is 0. The van der Waals surface area contributed by atoms with Gasteiger partial charge in [-0.05, 0) is 24.8 Å². The van der Waals surface area contributed by atoms with Gasteiger partial charge in [0.1, 0.15) is 0 Å². The van der Waals surface area contributed by atoms with Gasteiger partial charge in [0.15, 0.2) is 0 Å². The first-order valence-corrected chi connectivity index (χ1v) is 10.5. The van der Waals surface area contributed by atoms with E-state index in [1.54, 1.807) is 0 Å². The third kappa shape index (κ3) is 8.66. The van der Waals surface area contributed by atoms with E-state index in [9.17, 15) is 0 Å². The molecule has 1 aromatic heterocycles. The van der Waals surface area contributed by atoms with Crippen molar-refractivity contribution in [2.75, 3.05) is 6.61 Å². The summed E-state index contributed by atoms with van der Waals surface area (Å²) in [6, 6.07) is 10.7. The SMILES string of the molecule is CCCCCOC(CCCCCCCCn1ccnc1)c1ccccc1. The molecule has 0 radical (unpaired) electrons. The minimum Gasteiger partial charge on any atom is -0.374 e. The van der Waals surface area contributed by atoms with E-state index in [0.29, 0.717) is 0 Å². The summed E-state index contributed by atoms with van der Waals surface area (Å²) >= 11 is 0. The molecule has 0 saturated heterocycles. The average Bonchev–Trinajstić information content (AvgIpc) is 3.19. The van der Waals surface area contributed by atoms with Crippen LogP contribution in [0.5, 0.6) is 0 Å². The van der Waals surface area contributed by atoms with Gasteiger partial charge in [-0.15, -0.1) is 0 Å². The second kappa shape index (κ2) is 13.6. The lowest BCUT2D eigenvalue weighted by atomic mass is 10.0. The molecule has 0 spiro atoms. The topological polar surface area (TPSA) is 27.1 Å². The van der Waals surface area contributed by atoms with Gasteiger partial charge in [0, 0.05) is 25.5 Å². The van der Waals surface area contributed by atoms with E-state index in [2.05, 4.69) is 46.8 Å². The summed E-state index contributed by atoms with van der Waals surface area (Å²) < 4.78 is 8.38. The van der Waals surface area contributed by atoms with E-state index in [-0.39, 0.29) is 6.10 Å². The van der Waals surface area contributed by atoms with Gasteiger partial charge in [-0.3, -0.25) is 0 Å². The minimum atomic E-state index is 0.272. The molecule has 0 aliphatic rings. The molecule has 0 aliphatic carbocycles. The quantitative estimate of drug-likeness (QED) is 0.338. The van der Waals surface area contributed by atoms with Crippen molar-refractivity contribution in [3.63, 3.8) is 0 Å². The fraction of sp³-hybridized carbons (Fsp3) is 0.609. The number of aromatic nitrogens is 2. The number of hydrogen-bond acceptors (Lipinski definition) is 2. The molecule has 1 unspecified atom stereocenters. The summed E-state index contributed by atoms with van der Waals surface area (Å²) in [5.74, 6) is 0. The summed E-state index contributed by atoms with van der Waals surface area (Å²) in [5.41, 5.74) is 1.34. The molecule has 0 bridgehead atoms. The lowest BCUT2D eigenvalue weighted by molar-refractivity contribution is 0.0423. The summed E-state index contributed by atoms with van der Waals surface area (Å²) in [6.07, 6.45) is 18.7. The van der Waals surface area contributed by atoms with E-state index < -0.39 is 0 Å². The highest BCUT2D eigenvalue weighted by Gasteiger charge is 2.11. The molecule has 1 aromatic carbocycles. The number of nitrogens with zero attached hydrogens (tertiary/aromatic N) is 2. The standard InChI is InChI=1S/C23H36N2O/c1-2-3-13-20-26-23(22-14-9-8-10-15-22)16-11-6-4-5-7-12-18-25-19-17-24-21-25/h8-10,14-15,17,19,21,23H,2-7,11-13,16,18,20H2,1H3. The Kier molecular flexibility index (Phi) is 10.8. The number of benzene rings is 1. The number of imidazole rings is 1. The van der Waals surface area contributed by atoms with Crippen molar-refractivity contribution < 1.29 is 4.74 Å². The van der Waals surface area contributed by atoms with Crippen LogP contribution < -0.4 is 0 Å². The predicted molar refractivity (Wildman–Crippen MR) is 109 cm³/mol. The molecule has 144 valence electrons. The summed E-state index contributed by atoms with van der Waals surface area (Å²) in [5, 5.41) is 0. The Morgan fingerprint density at radius 1 is 0.923 bits per heavy atom. The zero-order chi connectivity index (χ0) is 18.3. The maximum atomic E-state index is 6.21. The van der Waals surface area contributed by atoms with E-state index in [1.165, 1.54) is 63.4 Å². The molecule has 0 saturated carbocycles. The Hall–Kier alpha value is -1.61. The first-order valence-electron chi connectivity index (χ1n) is 10.5. The fourth-order valence-electron chi connectivity index (χ4n) is 3.34. The second-order valence-corrected chi connectivity index (χ2v) is 7.19. The van der Waals surface area contributed by atoms with Crippen molar-refractivity contribution in [1.29, 1.82) is 0 Å². The van der Waals surface area contributed by atoms with Crippen LogP contribution in [0.2, 0.25) is 0 Å². The first kappa shape index (κ1) is 20.7. The molecule has 1 atom stereocenters. The largest absolute Gasteiger partial charge is 0.374 e. The third-order valence-electron chi connectivity index (χ3n) is 4.93. The van der Waals surface area contributed by atoms with E-state index in [0.717, 1.165) is 19.6 Å². The van der Waals surface area contributed by atoms with Gasteiger partial charge in [0.05, 0.1) is 12.4 Å². The van der Waals surface area contributed by atoms with Gasteiger partial charge >= 0.3 is 0 Å². The van der Waals surface area contributed by atoms with Gasteiger partial charge in [0.25, 0.3) is 0 Å². The van der Waals surface area contributed by atoms with Crippen LogP contribution >= 0.6 is 0 Å². The number of unbranched alkanes of at least 4 members (excludes halogenated alkanes) is 7. The molecule has 3 nitrogen and oxygen atoms in total. The Morgan fingerprint density at radius 3 is 2.42 bits per heavy atom. The van der Waals surface area contributed by atoms with Crippen molar-refractivity contribution >= 4 is 0 Å². The first-order chi connectivity index (χ1) is 12.9. The summed E-state index contributed by atoms with van der Waals surface area (Å²) in [6.45, 7) is 4.23. The Morgan fingerprint density at radius 2 is 1.69 bits per heavy atom. The maximum absolute atomic E-state index is 6.21. The van der Waals surface area contributed by atoms with Crippen molar-refractivity contribution in [3.05, 3.63) is 54.6 Å². The number of aryl methyl sites for hydroxylation is 1. The van der Waals surface area contributed by atoms with Gasteiger partial charge in [0.2, 0.25) is 0 Å². The molecular formula is C23H36N2O. The van der Waals surface area contributed by atoms with Crippen molar-refractivity contribution in [1.82, 2.24) is 9.55 Å². The van der Waals surface area contributed by atoms with Crippen LogP contribution in [0.15, 0.2) is 49.1 Å². The fourth-order valence-corrected chi connectivity index (χ4v) is 3.34. The highest BCUT2D eigenvalue weighted by molar-refractivity contribution is 5.17. The second-order valence-electron chi connectivity index (χ2n) is 7.19. The molecule has 0 aliphatic heterocycles. The van der Waals surface area contributed by atoms with Gasteiger partial charge in [-0.1, -0.05) is 82.2 Å². The zero-order valence-electron chi connectivity index (χ0n) is 16.5. The smallest absolute Gasteiger partial charge is 0.0945 e. The van der Waals surface area contributed by atoms with Crippen LogP contribution in [0.1, 0.15) is 82.8 Å². The van der Waals surface area contributed by atoms with Crippen molar-refractivity contribution in [3.8, 4) is 0 Å². The zero-order valence-corrected chi connectivity index (χ0v) is 16.5. The molecule has 0 N–H and O–H groups in total. The molecule has 3 heteroatoms. The summed E-state index contributed by atoms with van der Waals surface area (Å²) in [7, 11) is 0. The lowest BCUT2D eigenvalue weighted by Gasteiger charge is -2.18. The predicted octanol–water partition coefficient (Wildman–Crippen LogP) is 6.56. The summed E-state index contributed by atoms with van der Waals surface area (Å²) in [4.78, 5) is 4.09. The van der Waals surface area contributed by atoms with Crippen LogP contribution in [0.4, 0.5) is 0 Å². The normalized spacial score (nSPS) is 12.3. The van der Waals surface area contributed by atoms with Crippen LogP contribution in [0, 0.1) is 0 Å². The molecule has 0 fully saturated rings. The molecule has 0 amide bonds. The molecule has 2 rings (SSSR count). The molecule has 26 heavy (non-hydrogen) atoms. The Bertz CT molecular complexity index is 539. The van der Waals surface area contributed by atoms with Crippen LogP contribution in [0.3, 0.4) is 0 Å². The van der Waals surface area contributed by atoms with Crippen molar-refractivity contribution in [2.24, 2.45) is 0 Å². The maximum Gasteiger partial charge on any atom is 0.0945 e. The number of ether oxygens (including phenoxy) is 1. The molecule has 2 aromatic rings. The van der Waals surface area contributed by atoms with Crippen LogP contribution in [0.25, 0.3) is 0 Å². The Balaban J connectivity index is 1.57.